The van der Waals surface area contributed by atoms with Crippen molar-refractivity contribution in [3.05, 3.63) is 29.8 Å². The highest BCUT2D eigenvalue weighted by molar-refractivity contribution is 7.80. The maximum absolute atomic E-state index is 11.5. The molecule has 0 aliphatic heterocycles. The molecule has 0 aliphatic rings. The summed E-state index contributed by atoms with van der Waals surface area (Å²) in [4.78, 5) is 22.7. The lowest BCUT2D eigenvalue weighted by Gasteiger charge is -2.05. The fraction of sp³-hybridized carbons (Fsp3) is 0.200. The van der Waals surface area contributed by atoms with Gasteiger partial charge in [0.25, 0.3) is 5.91 Å². The number of primary amides is 1. The van der Waals surface area contributed by atoms with Gasteiger partial charge in [-0.3, -0.25) is 4.79 Å². The van der Waals surface area contributed by atoms with E-state index in [9.17, 15) is 9.59 Å². The first-order valence-corrected chi connectivity index (χ1v) is 5.15. The zero-order valence-corrected chi connectivity index (χ0v) is 9.46. The van der Waals surface area contributed by atoms with E-state index in [1.165, 1.54) is 0 Å². The Morgan fingerprint density at radius 1 is 1.12 bits per heavy atom. The third-order valence-electron chi connectivity index (χ3n) is 1.84. The number of hydrogen-bond donors (Lipinski definition) is 4. The molecule has 0 heterocycles. The highest BCUT2D eigenvalue weighted by Crippen LogP contribution is 2.07. The number of benzene rings is 1. The third-order valence-corrected chi connectivity index (χ3v) is 2.14. The Kier molecular flexibility index (Phi) is 4.65. The topological polar surface area (TPSA) is 84.2 Å². The molecule has 86 valence electrons. The molecule has 1 rings (SSSR count). The van der Waals surface area contributed by atoms with Crippen LogP contribution in [0.15, 0.2) is 29.2 Å². The molecule has 5 nitrogen and oxygen atoms in total. The molecule has 0 spiro atoms. The number of carbonyl (C=O) groups is 2. The second-order valence-corrected chi connectivity index (χ2v) is 3.61. The molecule has 0 unspecified atom stereocenters. The van der Waals surface area contributed by atoms with E-state index in [0.717, 1.165) is 4.90 Å². The van der Waals surface area contributed by atoms with Crippen LogP contribution >= 0.6 is 12.6 Å². The van der Waals surface area contributed by atoms with E-state index in [4.69, 9.17) is 5.73 Å². The molecule has 1 aromatic carbocycles. The summed E-state index contributed by atoms with van der Waals surface area (Å²) in [5, 5.41) is 5.01. The molecule has 0 saturated carbocycles. The Hall–Kier alpha value is -1.69. The second-order valence-electron chi connectivity index (χ2n) is 3.09. The molecule has 0 atom stereocenters. The average Bonchev–Trinajstić information content (AvgIpc) is 2.25. The predicted octanol–water partition coefficient (Wildman–Crippen LogP) is 0.373. The molecule has 0 bridgehead atoms. The molecular formula is C10H13N3O2S. The first kappa shape index (κ1) is 12.4. The SMILES string of the molecule is NC(=O)NCCNC(=O)c1ccc(S)cc1. The molecule has 6 heteroatoms. The van der Waals surface area contributed by atoms with Crippen LogP contribution < -0.4 is 16.4 Å². The van der Waals surface area contributed by atoms with Crippen molar-refractivity contribution in [2.45, 2.75) is 4.90 Å². The van der Waals surface area contributed by atoms with Crippen molar-refractivity contribution in [1.82, 2.24) is 10.6 Å². The van der Waals surface area contributed by atoms with Crippen LogP contribution in [-0.2, 0) is 0 Å². The van der Waals surface area contributed by atoms with E-state index in [2.05, 4.69) is 23.3 Å². The summed E-state index contributed by atoms with van der Waals surface area (Å²) in [5.74, 6) is -0.195. The molecule has 16 heavy (non-hydrogen) atoms. The third kappa shape index (κ3) is 4.22. The van der Waals surface area contributed by atoms with Crippen LogP contribution in [0.5, 0.6) is 0 Å². The summed E-state index contributed by atoms with van der Waals surface area (Å²) < 4.78 is 0. The Bertz CT molecular complexity index is 378. The van der Waals surface area contributed by atoms with Gasteiger partial charge >= 0.3 is 6.03 Å². The number of rotatable bonds is 4. The molecule has 1 aromatic rings. The summed E-state index contributed by atoms with van der Waals surface area (Å²) >= 11 is 4.12. The van der Waals surface area contributed by atoms with Gasteiger partial charge in [0.05, 0.1) is 0 Å². The second kappa shape index (κ2) is 6.02. The van der Waals surface area contributed by atoms with Crippen LogP contribution in [-0.4, -0.2) is 25.0 Å². The van der Waals surface area contributed by atoms with Crippen molar-refractivity contribution in [2.75, 3.05) is 13.1 Å². The number of hydrogen-bond acceptors (Lipinski definition) is 3. The monoisotopic (exact) mass is 239 g/mol. The fourth-order valence-corrected chi connectivity index (χ4v) is 1.23. The maximum atomic E-state index is 11.5. The van der Waals surface area contributed by atoms with E-state index >= 15 is 0 Å². The maximum Gasteiger partial charge on any atom is 0.312 e. The number of urea groups is 1. The quantitative estimate of drug-likeness (QED) is 0.452. The Labute approximate surface area is 98.8 Å². The summed E-state index contributed by atoms with van der Waals surface area (Å²) in [7, 11) is 0. The average molecular weight is 239 g/mol. The van der Waals surface area contributed by atoms with E-state index in [0.29, 0.717) is 18.7 Å². The summed E-state index contributed by atoms with van der Waals surface area (Å²) in [6.45, 7) is 0.649. The van der Waals surface area contributed by atoms with Gasteiger partial charge in [-0.1, -0.05) is 0 Å². The van der Waals surface area contributed by atoms with Crippen LogP contribution in [0.2, 0.25) is 0 Å². The number of nitrogens with one attached hydrogen (secondary N) is 2. The minimum Gasteiger partial charge on any atom is -0.352 e. The van der Waals surface area contributed by atoms with Crippen molar-refractivity contribution in [3.63, 3.8) is 0 Å². The first-order chi connectivity index (χ1) is 7.59. The van der Waals surface area contributed by atoms with Gasteiger partial charge < -0.3 is 16.4 Å². The van der Waals surface area contributed by atoms with Crippen molar-refractivity contribution in [1.29, 1.82) is 0 Å². The largest absolute Gasteiger partial charge is 0.352 e. The number of nitrogens with two attached hydrogens (primary N) is 1. The molecule has 3 amide bonds. The van der Waals surface area contributed by atoms with Gasteiger partial charge in [-0.25, -0.2) is 4.79 Å². The van der Waals surface area contributed by atoms with E-state index in [-0.39, 0.29) is 5.91 Å². The minimum atomic E-state index is -0.603. The van der Waals surface area contributed by atoms with Crippen LogP contribution in [0.3, 0.4) is 0 Å². The van der Waals surface area contributed by atoms with Crippen molar-refractivity contribution >= 4 is 24.6 Å². The van der Waals surface area contributed by atoms with E-state index < -0.39 is 6.03 Å². The predicted molar refractivity (Wildman–Crippen MR) is 63.6 cm³/mol. The van der Waals surface area contributed by atoms with Crippen LogP contribution in [0.4, 0.5) is 4.79 Å². The Balaban J connectivity index is 2.35. The highest BCUT2D eigenvalue weighted by Gasteiger charge is 2.03. The van der Waals surface area contributed by atoms with Gasteiger partial charge in [0.15, 0.2) is 0 Å². The van der Waals surface area contributed by atoms with Crippen LogP contribution in [0.1, 0.15) is 10.4 Å². The van der Waals surface area contributed by atoms with Crippen LogP contribution in [0, 0.1) is 0 Å². The number of thiol groups is 1. The van der Waals surface area contributed by atoms with Gasteiger partial charge in [0.1, 0.15) is 0 Å². The zero-order chi connectivity index (χ0) is 12.0. The van der Waals surface area contributed by atoms with Gasteiger partial charge in [0.2, 0.25) is 0 Å². The van der Waals surface area contributed by atoms with Crippen molar-refractivity contribution in [2.24, 2.45) is 5.73 Å². The van der Waals surface area contributed by atoms with Crippen molar-refractivity contribution in [3.8, 4) is 0 Å². The fourth-order valence-electron chi connectivity index (χ4n) is 1.08. The molecule has 0 aliphatic carbocycles. The van der Waals surface area contributed by atoms with E-state index in [1.54, 1.807) is 24.3 Å². The van der Waals surface area contributed by atoms with Gasteiger partial charge in [0, 0.05) is 23.5 Å². The number of carbonyl (C=O) groups excluding carboxylic acids is 2. The Morgan fingerprint density at radius 3 is 2.25 bits per heavy atom. The molecule has 0 fully saturated rings. The lowest BCUT2D eigenvalue weighted by atomic mass is 10.2. The molecule has 4 N–H and O–H groups in total. The smallest absolute Gasteiger partial charge is 0.312 e. The van der Waals surface area contributed by atoms with Crippen molar-refractivity contribution < 1.29 is 9.59 Å². The molecule has 0 aromatic heterocycles. The number of amides is 3. The minimum absolute atomic E-state index is 0.195. The lowest BCUT2D eigenvalue weighted by molar-refractivity contribution is 0.0954. The van der Waals surface area contributed by atoms with E-state index in [1.807, 2.05) is 0 Å². The van der Waals surface area contributed by atoms with Gasteiger partial charge in [-0.2, -0.15) is 0 Å². The molecule has 0 radical (unpaired) electrons. The normalized spacial score (nSPS) is 9.56. The van der Waals surface area contributed by atoms with Gasteiger partial charge in [-0.05, 0) is 24.3 Å². The standard InChI is InChI=1S/C10H13N3O2S/c11-10(15)13-6-5-12-9(14)7-1-3-8(16)4-2-7/h1-4,16H,5-6H2,(H,12,14)(H3,11,13,15). The van der Waals surface area contributed by atoms with Gasteiger partial charge in [-0.15, -0.1) is 12.6 Å². The molecule has 0 saturated heterocycles. The highest BCUT2D eigenvalue weighted by atomic mass is 32.1. The summed E-state index contributed by atoms with van der Waals surface area (Å²) in [5.41, 5.74) is 5.42. The van der Waals surface area contributed by atoms with Crippen LogP contribution in [0.25, 0.3) is 0 Å². The lowest BCUT2D eigenvalue weighted by Crippen LogP contribution is -2.37. The molecular weight excluding hydrogens is 226 g/mol. The first-order valence-electron chi connectivity index (χ1n) is 4.70. The zero-order valence-electron chi connectivity index (χ0n) is 8.56. The summed E-state index contributed by atoms with van der Waals surface area (Å²) in [6.07, 6.45) is 0. The summed E-state index contributed by atoms with van der Waals surface area (Å²) in [6, 6.07) is 6.23. The Morgan fingerprint density at radius 2 is 1.69 bits per heavy atom.